The smallest absolute Gasteiger partial charge is 0.255 e. The van der Waals surface area contributed by atoms with E-state index in [1.165, 1.54) is 10.8 Å². The third-order valence-corrected chi connectivity index (χ3v) is 3.20. The highest BCUT2D eigenvalue weighted by Gasteiger charge is 2.11. The Morgan fingerprint density at radius 1 is 1.40 bits per heavy atom. The second-order valence-corrected chi connectivity index (χ2v) is 4.64. The lowest BCUT2D eigenvalue weighted by molar-refractivity contribution is 0.440. The van der Waals surface area contributed by atoms with Crippen LogP contribution in [0, 0.1) is 6.92 Å². The fourth-order valence-electron chi connectivity index (χ4n) is 1.91. The Kier molecular flexibility index (Phi) is 3.25. The molecule has 0 aliphatic heterocycles. The Balaban J connectivity index is 2.10. The van der Waals surface area contributed by atoms with Crippen LogP contribution < -0.4 is 10.5 Å². The molecule has 2 heterocycles. The van der Waals surface area contributed by atoms with Gasteiger partial charge >= 0.3 is 0 Å². The van der Waals surface area contributed by atoms with Crippen LogP contribution in [-0.4, -0.2) is 19.6 Å². The third kappa shape index (κ3) is 2.19. The highest BCUT2D eigenvalue weighted by atomic mass is 35.5. The number of aromatic nitrogens is 4. The normalized spacial score (nSPS) is 10.9. The molecule has 2 aromatic heterocycles. The van der Waals surface area contributed by atoms with Gasteiger partial charge in [0.05, 0.1) is 0 Å². The van der Waals surface area contributed by atoms with E-state index in [4.69, 9.17) is 22.1 Å². The fraction of sp³-hybridized carbons (Fsp3) is 0.154. The van der Waals surface area contributed by atoms with E-state index in [-0.39, 0.29) is 0 Å². The predicted molar refractivity (Wildman–Crippen MR) is 74.9 cm³/mol. The van der Waals surface area contributed by atoms with Crippen molar-refractivity contribution in [2.24, 2.45) is 5.73 Å². The first kappa shape index (κ1) is 12.8. The summed E-state index contributed by atoms with van der Waals surface area (Å²) in [5.41, 5.74) is 7.25. The SMILES string of the molecule is Cc1cc(Oc2cccc(Cl)c2CN)n2ncnc2n1. The summed E-state index contributed by atoms with van der Waals surface area (Å²) in [5.74, 6) is 1.60. The molecule has 7 heteroatoms. The molecule has 0 spiro atoms. The topological polar surface area (TPSA) is 78.3 Å². The standard InChI is InChI=1S/C13H12ClN5O/c1-8-5-12(19-13(18-8)16-7-17-19)20-11-4-2-3-10(14)9(11)6-15/h2-5,7H,6,15H2,1H3. The van der Waals surface area contributed by atoms with Crippen molar-refractivity contribution in [3.63, 3.8) is 0 Å². The number of ether oxygens (including phenoxy) is 1. The predicted octanol–water partition coefficient (Wildman–Crippen LogP) is 2.34. The van der Waals surface area contributed by atoms with Crippen molar-refractivity contribution in [1.82, 2.24) is 19.6 Å². The number of hydrogen-bond donors (Lipinski definition) is 1. The van der Waals surface area contributed by atoms with Gasteiger partial charge in [-0.1, -0.05) is 17.7 Å². The molecule has 0 amide bonds. The summed E-state index contributed by atoms with van der Waals surface area (Å²) >= 11 is 6.12. The fourth-order valence-corrected chi connectivity index (χ4v) is 2.16. The molecule has 2 N–H and O–H groups in total. The minimum absolute atomic E-state index is 0.291. The largest absolute Gasteiger partial charge is 0.438 e. The minimum Gasteiger partial charge on any atom is -0.438 e. The monoisotopic (exact) mass is 289 g/mol. The molecule has 6 nitrogen and oxygen atoms in total. The van der Waals surface area contributed by atoms with E-state index in [1.54, 1.807) is 12.1 Å². The van der Waals surface area contributed by atoms with Gasteiger partial charge in [0.2, 0.25) is 5.88 Å². The molecular formula is C13H12ClN5O. The molecule has 0 saturated heterocycles. The molecule has 0 bridgehead atoms. The Labute approximate surface area is 120 Å². The number of rotatable bonds is 3. The number of aryl methyl sites for hydroxylation is 1. The van der Waals surface area contributed by atoms with Crippen LogP contribution in [0.4, 0.5) is 0 Å². The van der Waals surface area contributed by atoms with E-state index in [2.05, 4.69) is 15.1 Å². The molecule has 0 radical (unpaired) electrons. The van der Waals surface area contributed by atoms with E-state index < -0.39 is 0 Å². The van der Waals surface area contributed by atoms with Gasteiger partial charge in [0.1, 0.15) is 12.1 Å². The van der Waals surface area contributed by atoms with Crippen LogP contribution in [0.1, 0.15) is 11.3 Å². The molecule has 3 aromatic rings. The highest BCUT2D eigenvalue weighted by Crippen LogP contribution is 2.30. The van der Waals surface area contributed by atoms with Crippen molar-refractivity contribution < 1.29 is 4.74 Å². The molecule has 0 aliphatic rings. The van der Waals surface area contributed by atoms with Gasteiger partial charge in [-0.15, -0.1) is 0 Å². The average Bonchev–Trinajstić information content (AvgIpc) is 2.87. The van der Waals surface area contributed by atoms with Crippen LogP contribution in [0.25, 0.3) is 5.78 Å². The van der Waals surface area contributed by atoms with E-state index in [0.29, 0.717) is 29.0 Å². The highest BCUT2D eigenvalue weighted by molar-refractivity contribution is 6.31. The molecular weight excluding hydrogens is 278 g/mol. The van der Waals surface area contributed by atoms with Crippen LogP contribution in [0.3, 0.4) is 0 Å². The third-order valence-electron chi connectivity index (χ3n) is 2.84. The maximum absolute atomic E-state index is 6.12. The molecule has 102 valence electrons. The van der Waals surface area contributed by atoms with E-state index in [9.17, 15) is 0 Å². The Bertz CT molecular complexity index is 771. The summed E-state index contributed by atoms with van der Waals surface area (Å²) in [4.78, 5) is 8.31. The van der Waals surface area contributed by atoms with Crippen LogP contribution >= 0.6 is 11.6 Å². The van der Waals surface area contributed by atoms with Crippen LogP contribution in [0.15, 0.2) is 30.6 Å². The second kappa shape index (κ2) is 5.07. The van der Waals surface area contributed by atoms with Crippen molar-refractivity contribution in [3.8, 4) is 11.6 Å². The number of fused-ring (bicyclic) bond motifs is 1. The molecule has 1 aromatic carbocycles. The van der Waals surface area contributed by atoms with Gasteiger partial charge in [-0.3, -0.25) is 0 Å². The average molecular weight is 290 g/mol. The van der Waals surface area contributed by atoms with Crippen LogP contribution in [0.5, 0.6) is 11.6 Å². The maximum Gasteiger partial charge on any atom is 0.255 e. The summed E-state index contributed by atoms with van der Waals surface area (Å²) in [7, 11) is 0. The number of nitrogens with zero attached hydrogens (tertiary/aromatic N) is 4. The first-order valence-corrected chi connectivity index (χ1v) is 6.39. The second-order valence-electron chi connectivity index (χ2n) is 4.23. The van der Waals surface area contributed by atoms with E-state index in [1.807, 2.05) is 19.1 Å². The van der Waals surface area contributed by atoms with Crippen molar-refractivity contribution in [1.29, 1.82) is 0 Å². The Morgan fingerprint density at radius 2 is 2.25 bits per heavy atom. The first-order chi connectivity index (χ1) is 9.69. The molecule has 0 fully saturated rings. The zero-order chi connectivity index (χ0) is 14.1. The van der Waals surface area contributed by atoms with Gasteiger partial charge < -0.3 is 10.5 Å². The summed E-state index contributed by atoms with van der Waals surface area (Å²) in [6.45, 7) is 2.16. The summed E-state index contributed by atoms with van der Waals surface area (Å²) in [6, 6.07) is 7.18. The number of halogens is 1. The van der Waals surface area contributed by atoms with Crippen LogP contribution in [-0.2, 0) is 6.54 Å². The lowest BCUT2D eigenvalue weighted by Crippen LogP contribution is -2.03. The zero-order valence-corrected chi connectivity index (χ0v) is 11.5. The van der Waals surface area contributed by atoms with Crippen molar-refractivity contribution in [2.45, 2.75) is 13.5 Å². The van der Waals surface area contributed by atoms with E-state index in [0.717, 1.165) is 11.3 Å². The number of hydrogen-bond acceptors (Lipinski definition) is 5. The molecule has 0 unspecified atom stereocenters. The quantitative estimate of drug-likeness (QED) is 0.800. The molecule has 0 atom stereocenters. The molecule has 0 aliphatic carbocycles. The molecule has 20 heavy (non-hydrogen) atoms. The maximum atomic E-state index is 6.12. The Morgan fingerprint density at radius 3 is 3.05 bits per heavy atom. The number of benzene rings is 1. The molecule has 0 saturated carbocycles. The van der Waals surface area contributed by atoms with Gasteiger partial charge in [0.25, 0.3) is 5.78 Å². The van der Waals surface area contributed by atoms with Gasteiger partial charge in [0.15, 0.2) is 0 Å². The summed E-state index contributed by atoms with van der Waals surface area (Å²) < 4.78 is 7.41. The van der Waals surface area contributed by atoms with Crippen LogP contribution in [0.2, 0.25) is 5.02 Å². The number of nitrogens with two attached hydrogens (primary N) is 1. The summed E-state index contributed by atoms with van der Waals surface area (Å²) in [5, 5.41) is 4.66. The lowest BCUT2D eigenvalue weighted by Gasteiger charge is -2.12. The first-order valence-electron chi connectivity index (χ1n) is 6.01. The van der Waals surface area contributed by atoms with E-state index >= 15 is 0 Å². The zero-order valence-electron chi connectivity index (χ0n) is 10.7. The molecule has 3 rings (SSSR count). The van der Waals surface area contributed by atoms with Gasteiger partial charge in [0, 0.05) is 28.9 Å². The van der Waals surface area contributed by atoms with Crippen molar-refractivity contribution >= 4 is 17.4 Å². The lowest BCUT2D eigenvalue weighted by atomic mass is 10.2. The van der Waals surface area contributed by atoms with Gasteiger partial charge in [-0.05, 0) is 19.1 Å². The van der Waals surface area contributed by atoms with Gasteiger partial charge in [-0.25, -0.2) is 4.98 Å². The van der Waals surface area contributed by atoms with Crippen molar-refractivity contribution in [3.05, 3.63) is 46.9 Å². The van der Waals surface area contributed by atoms with Gasteiger partial charge in [-0.2, -0.15) is 14.6 Å². The Hall–Kier alpha value is -2.18. The van der Waals surface area contributed by atoms with Crippen molar-refractivity contribution in [2.75, 3.05) is 0 Å². The summed E-state index contributed by atoms with van der Waals surface area (Å²) in [6.07, 6.45) is 1.43. The minimum atomic E-state index is 0.291.